The van der Waals surface area contributed by atoms with Crippen molar-refractivity contribution in [3.8, 4) is 0 Å². The van der Waals surface area contributed by atoms with Crippen molar-refractivity contribution in [1.29, 1.82) is 0 Å². The minimum atomic E-state index is -1.45. The normalized spacial score (nSPS) is 9.81. The smallest absolute Gasteiger partial charge is 0.337 e. The number of aromatic carboxylic acids is 2. The van der Waals surface area contributed by atoms with Gasteiger partial charge < -0.3 is 10.2 Å². The number of hydrogen-bond acceptors (Lipinski definition) is 4. The van der Waals surface area contributed by atoms with Gasteiger partial charge in [0.05, 0.1) is 16.1 Å². The first kappa shape index (κ1) is 12.1. The van der Waals surface area contributed by atoms with Crippen LogP contribution in [0.1, 0.15) is 20.7 Å². The molecule has 1 rings (SSSR count). The zero-order chi connectivity index (χ0) is 12.5. The van der Waals surface area contributed by atoms with Gasteiger partial charge in [-0.3, -0.25) is 10.1 Å². The standard InChI is InChI=1S/C8H4BrNO6/c9-6-4(8(13)14)1-3(7(11)12)2-5(6)10(15)16/h1-2H,(H,11,12)(H,13,14). The second kappa shape index (κ2) is 4.27. The van der Waals surface area contributed by atoms with Crippen LogP contribution in [0.2, 0.25) is 0 Å². The molecule has 0 fully saturated rings. The van der Waals surface area contributed by atoms with Gasteiger partial charge in [0.1, 0.15) is 4.47 Å². The highest BCUT2D eigenvalue weighted by atomic mass is 79.9. The maximum absolute atomic E-state index is 10.7. The number of hydrogen-bond donors (Lipinski definition) is 2. The lowest BCUT2D eigenvalue weighted by molar-refractivity contribution is -0.385. The fraction of sp³-hybridized carbons (Fsp3) is 0. The van der Waals surface area contributed by atoms with Crippen LogP contribution in [-0.4, -0.2) is 27.1 Å². The van der Waals surface area contributed by atoms with Gasteiger partial charge in [-0.2, -0.15) is 0 Å². The highest BCUT2D eigenvalue weighted by molar-refractivity contribution is 9.10. The minimum Gasteiger partial charge on any atom is -0.478 e. The van der Waals surface area contributed by atoms with E-state index in [-0.39, 0.29) is 4.47 Å². The number of halogens is 1. The SMILES string of the molecule is O=C(O)c1cc(C(=O)O)c(Br)c([N+](=O)[O-])c1. The molecule has 0 aliphatic carbocycles. The van der Waals surface area contributed by atoms with Gasteiger partial charge in [0, 0.05) is 6.07 Å². The summed E-state index contributed by atoms with van der Waals surface area (Å²) in [4.78, 5) is 31.1. The molecule has 1 aromatic rings. The molecule has 2 N–H and O–H groups in total. The number of nitro benzene ring substituents is 1. The summed E-state index contributed by atoms with van der Waals surface area (Å²) in [7, 11) is 0. The predicted molar refractivity (Wildman–Crippen MR) is 54.7 cm³/mol. The molecule has 7 nitrogen and oxygen atoms in total. The summed E-state index contributed by atoms with van der Waals surface area (Å²) in [5.41, 5.74) is -1.52. The molecule has 16 heavy (non-hydrogen) atoms. The van der Waals surface area contributed by atoms with Crippen LogP contribution in [0, 0.1) is 10.1 Å². The molecule has 0 saturated heterocycles. The van der Waals surface area contributed by atoms with Crippen molar-refractivity contribution < 1.29 is 24.7 Å². The molecule has 0 heterocycles. The van der Waals surface area contributed by atoms with E-state index in [1.807, 2.05) is 0 Å². The van der Waals surface area contributed by atoms with Gasteiger partial charge in [0.25, 0.3) is 5.69 Å². The van der Waals surface area contributed by atoms with Gasteiger partial charge >= 0.3 is 11.9 Å². The molecule has 1 aromatic carbocycles. The van der Waals surface area contributed by atoms with Crippen molar-refractivity contribution in [2.75, 3.05) is 0 Å². The number of nitrogens with zero attached hydrogens (tertiary/aromatic N) is 1. The van der Waals surface area contributed by atoms with E-state index in [4.69, 9.17) is 10.2 Å². The van der Waals surface area contributed by atoms with Crippen LogP contribution in [0.15, 0.2) is 16.6 Å². The van der Waals surface area contributed by atoms with Crippen LogP contribution in [0.25, 0.3) is 0 Å². The van der Waals surface area contributed by atoms with E-state index in [1.54, 1.807) is 0 Å². The minimum absolute atomic E-state index is 0.255. The summed E-state index contributed by atoms with van der Waals surface area (Å²) in [6.07, 6.45) is 0. The number of benzene rings is 1. The highest BCUT2D eigenvalue weighted by Crippen LogP contribution is 2.30. The van der Waals surface area contributed by atoms with Crippen LogP contribution in [0.5, 0.6) is 0 Å². The first-order chi connectivity index (χ1) is 7.34. The lowest BCUT2D eigenvalue weighted by atomic mass is 10.1. The quantitative estimate of drug-likeness (QED) is 0.646. The third kappa shape index (κ3) is 2.16. The van der Waals surface area contributed by atoms with Gasteiger partial charge in [0.2, 0.25) is 0 Å². The Morgan fingerprint density at radius 2 is 1.81 bits per heavy atom. The Balaban J connectivity index is 3.57. The van der Waals surface area contributed by atoms with E-state index in [9.17, 15) is 19.7 Å². The molecule has 0 bridgehead atoms. The summed E-state index contributed by atoms with van der Waals surface area (Å²) >= 11 is 2.75. The van der Waals surface area contributed by atoms with Crippen molar-refractivity contribution >= 4 is 33.6 Å². The average Bonchev–Trinajstić information content (AvgIpc) is 2.16. The third-order valence-corrected chi connectivity index (χ3v) is 2.56. The Morgan fingerprint density at radius 1 is 1.25 bits per heavy atom. The molecular formula is C8H4BrNO6. The zero-order valence-electron chi connectivity index (χ0n) is 7.51. The van der Waals surface area contributed by atoms with Crippen LogP contribution >= 0.6 is 15.9 Å². The fourth-order valence-electron chi connectivity index (χ4n) is 1.02. The van der Waals surface area contributed by atoms with Crippen LogP contribution < -0.4 is 0 Å². The van der Waals surface area contributed by atoms with Gasteiger partial charge in [-0.25, -0.2) is 9.59 Å². The maximum Gasteiger partial charge on any atom is 0.337 e. The lowest BCUT2D eigenvalue weighted by Gasteiger charge is -2.02. The molecule has 0 atom stereocenters. The number of carboxylic acids is 2. The van der Waals surface area contributed by atoms with E-state index in [2.05, 4.69) is 15.9 Å². The Bertz CT molecular complexity index is 462. The van der Waals surface area contributed by atoms with Gasteiger partial charge in [-0.05, 0) is 22.0 Å². The summed E-state index contributed by atoms with van der Waals surface area (Å²) in [5.74, 6) is -2.88. The summed E-state index contributed by atoms with van der Waals surface area (Å²) in [6.45, 7) is 0. The Morgan fingerprint density at radius 3 is 2.19 bits per heavy atom. The summed E-state index contributed by atoms with van der Waals surface area (Å²) in [5, 5.41) is 28.0. The number of carboxylic acid groups (broad SMARTS) is 2. The van der Waals surface area contributed by atoms with Crippen molar-refractivity contribution in [3.63, 3.8) is 0 Å². The lowest BCUT2D eigenvalue weighted by Crippen LogP contribution is -2.05. The molecule has 0 spiro atoms. The summed E-state index contributed by atoms with van der Waals surface area (Å²) in [6, 6.07) is 1.64. The van der Waals surface area contributed by atoms with Gasteiger partial charge in [0.15, 0.2) is 0 Å². The van der Waals surface area contributed by atoms with E-state index in [1.165, 1.54) is 0 Å². The number of carbonyl (C=O) groups is 2. The molecule has 8 heteroatoms. The molecule has 0 amide bonds. The average molecular weight is 290 g/mol. The van der Waals surface area contributed by atoms with E-state index in [0.717, 1.165) is 12.1 Å². The maximum atomic E-state index is 10.7. The van der Waals surface area contributed by atoms with Gasteiger partial charge in [-0.1, -0.05) is 0 Å². The summed E-state index contributed by atoms with van der Waals surface area (Å²) < 4.78 is -0.255. The van der Waals surface area contributed by atoms with Crippen LogP contribution in [0.3, 0.4) is 0 Å². The molecule has 0 aromatic heterocycles. The molecule has 84 valence electrons. The zero-order valence-corrected chi connectivity index (χ0v) is 9.09. The molecule has 0 saturated carbocycles. The molecule has 0 radical (unpaired) electrons. The van der Waals surface area contributed by atoms with Gasteiger partial charge in [-0.15, -0.1) is 0 Å². The van der Waals surface area contributed by atoms with Crippen molar-refractivity contribution in [2.24, 2.45) is 0 Å². The first-order valence-corrected chi connectivity index (χ1v) is 4.58. The first-order valence-electron chi connectivity index (χ1n) is 3.79. The highest BCUT2D eigenvalue weighted by Gasteiger charge is 2.23. The molecule has 0 unspecified atom stereocenters. The van der Waals surface area contributed by atoms with Crippen molar-refractivity contribution in [1.82, 2.24) is 0 Å². The van der Waals surface area contributed by atoms with Crippen molar-refractivity contribution in [2.45, 2.75) is 0 Å². The van der Waals surface area contributed by atoms with E-state index in [0.29, 0.717) is 0 Å². The van der Waals surface area contributed by atoms with Crippen LogP contribution in [-0.2, 0) is 0 Å². The molecule has 0 aliphatic rings. The number of rotatable bonds is 3. The van der Waals surface area contributed by atoms with E-state index < -0.39 is 33.7 Å². The van der Waals surface area contributed by atoms with Crippen LogP contribution in [0.4, 0.5) is 5.69 Å². The second-order valence-electron chi connectivity index (χ2n) is 2.72. The Kier molecular flexibility index (Phi) is 3.23. The Labute approximate surface area is 96.6 Å². The molecule has 0 aliphatic heterocycles. The topological polar surface area (TPSA) is 118 Å². The third-order valence-electron chi connectivity index (χ3n) is 1.73. The Hall–Kier alpha value is -1.96. The number of nitro groups is 1. The molecular weight excluding hydrogens is 286 g/mol. The van der Waals surface area contributed by atoms with E-state index >= 15 is 0 Å². The second-order valence-corrected chi connectivity index (χ2v) is 3.52. The fourth-order valence-corrected chi connectivity index (χ4v) is 1.56. The monoisotopic (exact) mass is 289 g/mol. The largest absolute Gasteiger partial charge is 0.478 e. The van der Waals surface area contributed by atoms with Crippen molar-refractivity contribution in [3.05, 3.63) is 37.8 Å². The predicted octanol–water partition coefficient (Wildman–Crippen LogP) is 1.75.